The molecule has 0 saturated carbocycles. The van der Waals surface area contributed by atoms with Gasteiger partial charge in [0.1, 0.15) is 17.0 Å². The number of rotatable bonds is 6. The number of nitrogens with zero attached hydrogens (tertiary/aromatic N) is 1. The van der Waals surface area contributed by atoms with E-state index < -0.39 is 5.97 Å². The summed E-state index contributed by atoms with van der Waals surface area (Å²) in [5.74, 6) is -0.145. The molecule has 0 spiro atoms. The molecule has 3 heterocycles. The van der Waals surface area contributed by atoms with Crippen LogP contribution in [0.5, 0.6) is 5.75 Å². The summed E-state index contributed by atoms with van der Waals surface area (Å²) in [7, 11) is 1.66. The molecule has 2 aromatic heterocycles. The van der Waals surface area contributed by atoms with Crippen molar-refractivity contribution in [2.45, 2.75) is 26.4 Å². The van der Waals surface area contributed by atoms with Crippen molar-refractivity contribution in [3.63, 3.8) is 0 Å². The number of fused-ring (bicyclic) bond motifs is 2. The van der Waals surface area contributed by atoms with Crippen molar-refractivity contribution in [3.05, 3.63) is 59.2 Å². The van der Waals surface area contributed by atoms with E-state index >= 15 is 0 Å². The van der Waals surface area contributed by atoms with Gasteiger partial charge in [-0.2, -0.15) is 0 Å². The number of benzene rings is 2. The fraction of sp³-hybridized carbons (Fsp3) is 0.333. The first-order valence-electron chi connectivity index (χ1n) is 11.4. The quantitative estimate of drug-likeness (QED) is 0.379. The number of pyridine rings is 1. The van der Waals surface area contributed by atoms with Crippen LogP contribution >= 0.6 is 0 Å². The Morgan fingerprint density at radius 1 is 1.20 bits per heavy atom. The van der Waals surface area contributed by atoms with E-state index in [0.29, 0.717) is 47.9 Å². The van der Waals surface area contributed by atoms with Gasteiger partial charge in [-0.05, 0) is 44.0 Å². The number of hydrogen-bond donors (Lipinski definition) is 0. The third kappa shape index (κ3) is 4.84. The van der Waals surface area contributed by atoms with Crippen LogP contribution in [0.15, 0.2) is 46.9 Å². The maximum Gasteiger partial charge on any atom is 1.00 e. The number of furan rings is 1. The Morgan fingerprint density at radius 2 is 2.00 bits per heavy atom. The molecule has 0 N–H and O–H groups in total. The number of carbonyl (C=O) groups excluding carboxylic acids is 1. The van der Waals surface area contributed by atoms with Crippen LogP contribution in [0.2, 0.25) is 0 Å². The molecule has 7 nitrogen and oxygen atoms in total. The molecule has 35 heavy (non-hydrogen) atoms. The summed E-state index contributed by atoms with van der Waals surface area (Å²) >= 11 is 0. The van der Waals surface area contributed by atoms with Crippen molar-refractivity contribution in [3.8, 4) is 17.2 Å². The second-order valence-electron chi connectivity index (χ2n) is 8.71. The summed E-state index contributed by atoms with van der Waals surface area (Å²) in [4.78, 5) is 17.1. The predicted molar refractivity (Wildman–Crippen MR) is 126 cm³/mol. The number of para-hydroxylation sites is 1. The Bertz CT molecular complexity index is 1380. The summed E-state index contributed by atoms with van der Waals surface area (Å²) in [6.45, 7) is 5.39. The molecule has 0 unspecified atom stereocenters. The van der Waals surface area contributed by atoms with Gasteiger partial charge in [-0.25, -0.2) is 4.98 Å². The average Bonchev–Trinajstić information content (AvgIpc) is 3.20. The molecule has 0 bridgehead atoms. The van der Waals surface area contributed by atoms with Gasteiger partial charge in [-0.15, -0.1) is 0 Å². The Labute approximate surface area is 225 Å². The van der Waals surface area contributed by atoms with Gasteiger partial charge in [0.05, 0.1) is 36.2 Å². The molecular weight excluding hydrogens is 457 g/mol. The van der Waals surface area contributed by atoms with Crippen LogP contribution in [0.3, 0.4) is 0 Å². The van der Waals surface area contributed by atoms with Crippen molar-refractivity contribution < 1.29 is 58.1 Å². The van der Waals surface area contributed by atoms with Crippen LogP contribution in [0.1, 0.15) is 27.9 Å². The Balaban J connectivity index is 0.00000289. The second-order valence-corrected chi connectivity index (χ2v) is 8.71. The van der Waals surface area contributed by atoms with Crippen molar-refractivity contribution in [2.24, 2.45) is 5.92 Å². The summed E-state index contributed by atoms with van der Waals surface area (Å²) in [5, 5.41) is 13.7. The maximum atomic E-state index is 12.3. The number of aryl methyl sites for hydroxylation is 2. The van der Waals surface area contributed by atoms with E-state index in [2.05, 4.69) is 0 Å². The van der Waals surface area contributed by atoms with Crippen LogP contribution in [0.25, 0.3) is 33.3 Å². The molecule has 2 atom stereocenters. The SMILES string of the molecule is CO[C@H]1COCC[C@H]1COc1ccc(C)c2nc(-c3oc4ccccc4c3C)cc(C(=O)[O-])c12.[Na+]. The molecule has 8 heteroatoms. The first-order valence-corrected chi connectivity index (χ1v) is 11.4. The summed E-state index contributed by atoms with van der Waals surface area (Å²) in [5.41, 5.74) is 3.48. The Hall–Kier alpha value is -2.42. The second kappa shape index (κ2) is 10.7. The molecule has 5 rings (SSSR count). The van der Waals surface area contributed by atoms with Gasteiger partial charge in [0.25, 0.3) is 0 Å². The average molecular weight is 483 g/mol. The number of aromatic nitrogens is 1. The van der Waals surface area contributed by atoms with Gasteiger partial charge in [-0.3, -0.25) is 0 Å². The first-order chi connectivity index (χ1) is 16.5. The van der Waals surface area contributed by atoms with E-state index in [-0.39, 0.29) is 47.1 Å². The predicted octanol–water partition coefficient (Wildman–Crippen LogP) is 1.06. The zero-order valence-electron chi connectivity index (χ0n) is 20.4. The molecular formula is C27H26NNaO6. The van der Waals surface area contributed by atoms with Crippen molar-refractivity contribution in [1.82, 2.24) is 4.98 Å². The fourth-order valence-electron chi connectivity index (χ4n) is 4.66. The number of hydrogen-bond acceptors (Lipinski definition) is 7. The standard InChI is InChI=1S/C27H27NO6.Na/c1-15-8-9-22(33-13-17-10-11-32-14-23(17)31-3)24-19(27(29)30)12-20(28-25(15)24)26-16(2)18-6-4-5-7-21(18)34-26;/h4-9,12,17,23H,10-11,13-14H2,1-3H3,(H,29,30);/q;+1/p-1/t17-,23-;/m0./s1. The van der Waals surface area contributed by atoms with Crippen LogP contribution in [-0.2, 0) is 9.47 Å². The van der Waals surface area contributed by atoms with Crippen molar-refractivity contribution in [2.75, 3.05) is 26.9 Å². The molecule has 0 amide bonds. The molecule has 0 radical (unpaired) electrons. The maximum absolute atomic E-state index is 12.3. The Morgan fingerprint density at radius 3 is 2.74 bits per heavy atom. The molecule has 1 aliphatic heterocycles. The number of carboxylic acids is 1. The monoisotopic (exact) mass is 483 g/mol. The number of carbonyl (C=O) groups is 1. The molecule has 1 saturated heterocycles. The van der Waals surface area contributed by atoms with Gasteiger partial charge < -0.3 is 28.5 Å². The number of aromatic carboxylic acids is 1. The zero-order chi connectivity index (χ0) is 23.8. The van der Waals surface area contributed by atoms with Crippen LogP contribution < -0.4 is 39.4 Å². The third-order valence-electron chi connectivity index (χ3n) is 6.62. The van der Waals surface area contributed by atoms with E-state index in [0.717, 1.165) is 28.5 Å². The first kappa shape index (κ1) is 25.7. The van der Waals surface area contributed by atoms with E-state index in [9.17, 15) is 9.90 Å². The summed E-state index contributed by atoms with van der Waals surface area (Å²) in [6.07, 6.45) is 0.746. The van der Waals surface area contributed by atoms with Crippen LogP contribution in [-0.4, -0.2) is 44.0 Å². The van der Waals surface area contributed by atoms with E-state index in [1.807, 2.05) is 44.2 Å². The van der Waals surface area contributed by atoms with E-state index in [4.69, 9.17) is 23.6 Å². The van der Waals surface area contributed by atoms with Crippen LogP contribution in [0.4, 0.5) is 0 Å². The molecule has 1 aliphatic rings. The number of carboxylic acid groups (broad SMARTS) is 1. The van der Waals surface area contributed by atoms with Gasteiger partial charge in [0.15, 0.2) is 5.76 Å². The van der Waals surface area contributed by atoms with Crippen molar-refractivity contribution >= 4 is 27.8 Å². The smallest absolute Gasteiger partial charge is 0.545 e. The minimum atomic E-state index is -1.29. The van der Waals surface area contributed by atoms with Gasteiger partial charge in [0, 0.05) is 36.1 Å². The Kier molecular flexibility index (Phi) is 7.83. The molecule has 4 aromatic rings. The van der Waals surface area contributed by atoms with E-state index in [1.54, 1.807) is 13.2 Å². The molecule has 0 aliphatic carbocycles. The fourth-order valence-corrected chi connectivity index (χ4v) is 4.66. The largest absolute Gasteiger partial charge is 1.00 e. The minimum Gasteiger partial charge on any atom is -0.545 e. The number of methoxy groups -OCH3 is 1. The van der Waals surface area contributed by atoms with E-state index in [1.165, 1.54) is 6.07 Å². The molecule has 2 aromatic carbocycles. The van der Waals surface area contributed by atoms with Crippen LogP contribution in [0, 0.1) is 19.8 Å². The summed E-state index contributed by atoms with van der Waals surface area (Å²) < 4.78 is 23.2. The molecule has 176 valence electrons. The normalized spacial score (nSPS) is 17.9. The van der Waals surface area contributed by atoms with Gasteiger partial charge in [0.2, 0.25) is 0 Å². The van der Waals surface area contributed by atoms with Gasteiger partial charge >= 0.3 is 29.6 Å². The third-order valence-corrected chi connectivity index (χ3v) is 6.62. The number of ether oxygens (including phenoxy) is 3. The molecule has 1 fully saturated rings. The summed E-state index contributed by atoms with van der Waals surface area (Å²) in [6, 6.07) is 12.9. The zero-order valence-corrected chi connectivity index (χ0v) is 22.4. The van der Waals surface area contributed by atoms with Crippen molar-refractivity contribution in [1.29, 1.82) is 0 Å². The van der Waals surface area contributed by atoms with Gasteiger partial charge in [-0.1, -0.05) is 24.3 Å². The minimum absolute atomic E-state index is 0. The topological polar surface area (TPSA) is 93.8 Å².